The van der Waals surface area contributed by atoms with E-state index < -0.39 is 0 Å². The average Bonchev–Trinajstić information content (AvgIpc) is 2.62. The van der Waals surface area contributed by atoms with Crippen molar-refractivity contribution in [2.24, 2.45) is 35.5 Å². The van der Waals surface area contributed by atoms with Gasteiger partial charge in [-0.1, -0.05) is 20.8 Å². The van der Waals surface area contributed by atoms with Crippen molar-refractivity contribution in [3.05, 3.63) is 0 Å². The van der Waals surface area contributed by atoms with E-state index in [0.717, 1.165) is 11.8 Å². The summed E-state index contributed by atoms with van der Waals surface area (Å²) in [6, 6.07) is 0. The molecule has 0 amide bonds. The highest BCUT2D eigenvalue weighted by molar-refractivity contribution is 5.74. The number of esters is 1. The molecule has 2 bridgehead atoms. The van der Waals surface area contributed by atoms with Crippen LogP contribution in [0, 0.1) is 35.5 Å². The van der Waals surface area contributed by atoms with E-state index >= 15 is 0 Å². The first-order valence-electron chi connectivity index (χ1n) is 6.95. The number of ether oxygens (including phenoxy) is 1. The van der Waals surface area contributed by atoms with Crippen LogP contribution in [-0.2, 0) is 9.53 Å². The van der Waals surface area contributed by atoms with E-state index in [4.69, 9.17) is 4.74 Å². The Bertz CT molecular complexity index is 315. The molecule has 0 N–H and O–H groups in total. The monoisotopic (exact) mass is 238 g/mol. The van der Waals surface area contributed by atoms with E-state index in [1.54, 1.807) is 0 Å². The van der Waals surface area contributed by atoms with Crippen LogP contribution in [0.1, 0.15) is 48.0 Å². The van der Waals surface area contributed by atoms with Gasteiger partial charge in [0.05, 0.1) is 5.92 Å². The predicted molar refractivity (Wildman–Crippen MR) is 68.4 cm³/mol. The molecule has 0 saturated heterocycles. The molecule has 0 heterocycles. The summed E-state index contributed by atoms with van der Waals surface area (Å²) >= 11 is 0. The topological polar surface area (TPSA) is 26.3 Å². The number of carbonyl (C=O) groups excluding carboxylic acids is 1. The highest BCUT2D eigenvalue weighted by atomic mass is 16.6. The van der Waals surface area contributed by atoms with E-state index in [1.165, 1.54) is 6.42 Å². The van der Waals surface area contributed by atoms with Crippen LogP contribution in [-0.4, -0.2) is 11.6 Å². The van der Waals surface area contributed by atoms with Crippen LogP contribution in [0.4, 0.5) is 0 Å². The maximum Gasteiger partial charge on any atom is 0.310 e. The van der Waals surface area contributed by atoms with Crippen molar-refractivity contribution in [2.75, 3.05) is 0 Å². The lowest BCUT2D eigenvalue weighted by Gasteiger charge is -2.36. The van der Waals surface area contributed by atoms with Crippen LogP contribution >= 0.6 is 0 Å². The van der Waals surface area contributed by atoms with Gasteiger partial charge in [-0.05, 0) is 56.8 Å². The Morgan fingerprint density at radius 1 is 1.00 bits per heavy atom. The molecule has 2 aliphatic rings. The molecule has 6 unspecified atom stereocenters. The largest absolute Gasteiger partial charge is 0.460 e. The van der Waals surface area contributed by atoms with Crippen LogP contribution in [0.25, 0.3) is 0 Å². The molecule has 2 rings (SSSR count). The molecule has 0 aromatic heterocycles. The maximum absolute atomic E-state index is 12.3. The van der Waals surface area contributed by atoms with Gasteiger partial charge in [-0.25, -0.2) is 0 Å². The van der Waals surface area contributed by atoms with Gasteiger partial charge in [0.1, 0.15) is 5.60 Å². The zero-order valence-electron chi connectivity index (χ0n) is 12.0. The lowest BCUT2D eigenvalue weighted by atomic mass is 9.70. The molecule has 0 aliphatic heterocycles. The lowest BCUT2D eigenvalue weighted by Crippen LogP contribution is -2.39. The smallest absolute Gasteiger partial charge is 0.310 e. The van der Waals surface area contributed by atoms with Crippen molar-refractivity contribution in [1.82, 2.24) is 0 Å². The Labute approximate surface area is 105 Å². The fraction of sp³-hybridized carbons (Fsp3) is 0.933. The predicted octanol–water partition coefficient (Wildman–Crippen LogP) is 3.50. The molecule has 0 radical (unpaired) electrons. The summed E-state index contributed by atoms with van der Waals surface area (Å²) in [6.45, 7) is 12.7. The van der Waals surface area contributed by atoms with Gasteiger partial charge in [0.2, 0.25) is 0 Å². The quantitative estimate of drug-likeness (QED) is 0.653. The summed E-state index contributed by atoms with van der Waals surface area (Å²) in [7, 11) is 0. The zero-order valence-corrected chi connectivity index (χ0v) is 12.0. The van der Waals surface area contributed by atoms with Gasteiger partial charge in [0.25, 0.3) is 0 Å². The van der Waals surface area contributed by atoms with Crippen molar-refractivity contribution in [3.63, 3.8) is 0 Å². The molecule has 98 valence electrons. The van der Waals surface area contributed by atoms with Crippen molar-refractivity contribution in [1.29, 1.82) is 0 Å². The van der Waals surface area contributed by atoms with Gasteiger partial charge in [0, 0.05) is 0 Å². The van der Waals surface area contributed by atoms with Gasteiger partial charge in [-0.2, -0.15) is 0 Å². The molecule has 2 fully saturated rings. The summed E-state index contributed by atoms with van der Waals surface area (Å²) < 4.78 is 5.59. The van der Waals surface area contributed by atoms with Gasteiger partial charge in [-0.15, -0.1) is 0 Å². The Kier molecular flexibility index (Phi) is 3.04. The standard InChI is InChI=1S/C15H26O2/c1-8-9(2)12-7-11(8)10(3)13(12)14(16)17-15(4,5)6/h8-13H,7H2,1-6H3. The maximum atomic E-state index is 12.3. The Morgan fingerprint density at radius 2 is 1.53 bits per heavy atom. The van der Waals surface area contributed by atoms with Gasteiger partial charge in [-0.3, -0.25) is 4.79 Å². The molecular formula is C15H26O2. The van der Waals surface area contributed by atoms with E-state index in [-0.39, 0.29) is 17.5 Å². The van der Waals surface area contributed by atoms with Crippen molar-refractivity contribution in [2.45, 2.75) is 53.6 Å². The fourth-order valence-electron chi connectivity index (χ4n) is 4.11. The number of carbonyl (C=O) groups is 1. The second kappa shape index (κ2) is 4.00. The molecule has 2 aliphatic carbocycles. The van der Waals surface area contributed by atoms with E-state index in [9.17, 15) is 4.79 Å². The first kappa shape index (κ1) is 12.9. The first-order chi connectivity index (χ1) is 7.72. The highest BCUT2D eigenvalue weighted by Crippen LogP contribution is 2.58. The number of hydrogen-bond acceptors (Lipinski definition) is 2. The molecule has 0 aromatic carbocycles. The molecule has 2 nitrogen and oxygen atoms in total. The van der Waals surface area contributed by atoms with E-state index in [0.29, 0.717) is 17.8 Å². The fourth-order valence-corrected chi connectivity index (χ4v) is 4.11. The summed E-state index contributed by atoms with van der Waals surface area (Å²) in [5.74, 6) is 3.41. The third-order valence-corrected chi connectivity index (χ3v) is 5.11. The third-order valence-electron chi connectivity index (χ3n) is 5.11. The molecule has 0 aromatic rings. The summed E-state index contributed by atoms with van der Waals surface area (Å²) in [6.07, 6.45) is 1.23. The summed E-state index contributed by atoms with van der Waals surface area (Å²) in [5, 5.41) is 0. The Morgan fingerprint density at radius 3 is 2.00 bits per heavy atom. The van der Waals surface area contributed by atoms with Crippen LogP contribution in [0.3, 0.4) is 0 Å². The normalized spacial score (nSPS) is 45.1. The SMILES string of the molecule is CC1C(C)C2CC1C(C)C2C(=O)OC(C)(C)C. The van der Waals surface area contributed by atoms with Crippen molar-refractivity contribution >= 4 is 5.97 Å². The van der Waals surface area contributed by atoms with Crippen LogP contribution in [0.2, 0.25) is 0 Å². The molecule has 2 heteroatoms. The highest BCUT2D eigenvalue weighted by Gasteiger charge is 2.56. The molecular weight excluding hydrogens is 212 g/mol. The number of fused-ring (bicyclic) bond motifs is 2. The van der Waals surface area contributed by atoms with Crippen molar-refractivity contribution in [3.8, 4) is 0 Å². The summed E-state index contributed by atoms with van der Waals surface area (Å²) in [4.78, 5) is 12.3. The van der Waals surface area contributed by atoms with Crippen molar-refractivity contribution < 1.29 is 9.53 Å². The molecule has 2 saturated carbocycles. The number of hydrogen-bond donors (Lipinski definition) is 0. The second-order valence-corrected chi connectivity index (χ2v) is 7.20. The Balaban J connectivity index is 2.11. The van der Waals surface area contributed by atoms with E-state index in [2.05, 4.69) is 20.8 Å². The first-order valence-corrected chi connectivity index (χ1v) is 6.95. The van der Waals surface area contributed by atoms with E-state index in [1.807, 2.05) is 20.8 Å². The molecule has 17 heavy (non-hydrogen) atoms. The van der Waals surface area contributed by atoms with Gasteiger partial charge < -0.3 is 4.74 Å². The minimum absolute atomic E-state index is 0.0382. The Hall–Kier alpha value is -0.530. The minimum Gasteiger partial charge on any atom is -0.460 e. The lowest BCUT2D eigenvalue weighted by molar-refractivity contribution is -0.165. The second-order valence-electron chi connectivity index (χ2n) is 7.20. The summed E-state index contributed by atoms with van der Waals surface area (Å²) in [5.41, 5.74) is -0.354. The molecule has 0 spiro atoms. The zero-order chi connectivity index (χ0) is 13.0. The van der Waals surface area contributed by atoms with Crippen LogP contribution in [0.15, 0.2) is 0 Å². The average molecular weight is 238 g/mol. The minimum atomic E-state index is -0.354. The van der Waals surface area contributed by atoms with Crippen LogP contribution in [0.5, 0.6) is 0 Å². The van der Waals surface area contributed by atoms with Gasteiger partial charge in [0.15, 0.2) is 0 Å². The third kappa shape index (κ3) is 2.11. The van der Waals surface area contributed by atoms with Gasteiger partial charge >= 0.3 is 5.97 Å². The number of rotatable bonds is 1. The van der Waals surface area contributed by atoms with Crippen LogP contribution < -0.4 is 0 Å². The molecule has 6 atom stereocenters.